The van der Waals surface area contributed by atoms with Gasteiger partial charge in [-0.15, -0.1) is 17.9 Å². The fraction of sp³-hybridized carbons (Fsp3) is 0.474. The zero-order chi connectivity index (χ0) is 53.9. The molecule has 0 radical (unpaired) electrons. The molecule has 3 amide bonds. The smallest absolute Gasteiger partial charge is 0.278 e. The lowest BCUT2D eigenvalue weighted by Gasteiger charge is -2.36. The summed E-state index contributed by atoms with van der Waals surface area (Å²) in [6.07, 6.45) is 7.14. The Kier molecular flexibility index (Phi) is 16.2. The van der Waals surface area contributed by atoms with E-state index in [0.29, 0.717) is 47.8 Å². The number of piperazine rings is 1. The zero-order valence-corrected chi connectivity index (χ0v) is 45.4. The van der Waals surface area contributed by atoms with Gasteiger partial charge in [0.1, 0.15) is 23.1 Å². The number of nitrogens with one attached hydrogen (secondary N) is 3. The standard InChI is InChI=1S/C57H72N12O6S/c1-8-26-68-53(73)44-33-58-55(64-51(44)69(68)46-23-18-40-24-25-57(75,9-2)49(40)62-46)61-41-19-21-42(22-20-41)66-30-28-65(29-31-66)27-12-10-11-13-47(71)63-50(56(5,6)7)54(74)67-34-43(70)32-45(67)52(72)60-36(3)38-14-16-39(17-15-38)48-37(4)59-35-76-48/h8,14-23,33,35-36,43,45,50,70,75H,1,9-13,24-32,34H2,2-7H3,(H,60,72)(H,63,71)(H,58,61,64)/t36-,43+,45-,50+,57+/m0/s1. The third-order valence-corrected chi connectivity index (χ3v) is 16.3. The van der Waals surface area contributed by atoms with Gasteiger partial charge in [0.25, 0.3) is 5.56 Å². The molecule has 4 aromatic heterocycles. The lowest BCUT2D eigenvalue weighted by Crippen LogP contribution is -2.57. The molecule has 5 atom stereocenters. The molecule has 9 rings (SSSR count). The number of benzene rings is 2. The Bertz CT molecular complexity index is 3120. The number of aliphatic hydroxyl groups excluding tert-OH is 1. The summed E-state index contributed by atoms with van der Waals surface area (Å²) in [7, 11) is 0. The molecule has 0 saturated carbocycles. The number of carbonyl (C=O) groups is 3. The molecule has 6 aromatic rings. The van der Waals surface area contributed by atoms with E-state index in [2.05, 4.69) is 54.4 Å². The van der Waals surface area contributed by atoms with Crippen LogP contribution in [0.4, 0.5) is 17.3 Å². The quantitative estimate of drug-likeness (QED) is 0.0411. The largest absolute Gasteiger partial charge is 0.391 e. The fourth-order valence-corrected chi connectivity index (χ4v) is 11.6. The molecule has 2 aliphatic heterocycles. The summed E-state index contributed by atoms with van der Waals surface area (Å²) in [6, 6.07) is 17.9. The Hall–Kier alpha value is -6.80. The van der Waals surface area contributed by atoms with Gasteiger partial charge in [-0.25, -0.2) is 24.3 Å². The van der Waals surface area contributed by atoms with Crippen LogP contribution in [0.3, 0.4) is 0 Å². The molecule has 76 heavy (non-hydrogen) atoms. The van der Waals surface area contributed by atoms with Gasteiger partial charge in [0, 0.05) is 63.1 Å². The van der Waals surface area contributed by atoms with Crippen LogP contribution in [-0.2, 0) is 33.0 Å². The summed E-state index contributed by atoms with van der Waals surface area (Å²) in [5, 5.41) is 31.7. The van der Waals surface area contributed by atoms with Gasteiger partial charge in [0.05, 0.1) is 40.5 Å². The number of thiazole rings is 1. The van der Waals surface area contributed by atoms with E-state index in [1.54, 1.807) is 22.1 Å². The number of hydrogen-bond acceptors (Lipinski definition) is 14. The van der Waals surface area contributed by atoms with Crippen LogP contribution >= 0.6 is 11.3 Å². The first-order chi connectivity index (χ1) is 36.4. The number of hydrogen-bond donors (Lipinski definition) is 5. The second-order valence-corrected chi connectivity index (χ2v) is 22.5. The third kappa shape index (κ3) is 11.6. The normalized spacial score (nSPS) is 19.6. The topological polar surface area (TPSA) is 216 Å². The summed E-state index contributed by atoms with van der Waals surface area (Å²) >= 11 is 1.58. The van der Waals surface area contributed by atoms with Crippen LogP contribution in [0.2, 0.25) is 0 Å². The molecular weight excluding hydrogens is 981 g/mol. The number of unbranched alkanes of at least 4 members (excludes halogenated alkanes) is 2. The van der Waals surface area contributed by atoms with E-state index in [4.69, 9.17) is 9.97 Å². The molecule has 2 fully saturated rings. The molecule has 5 N–H and O–H groups in total. The number of rotatable bonds is 19. The number of allylic oxidation sites excluding steroid dienone is 1. The molecule has 402 valence electrons. The molecule has 18 nitrogen and oxygen atoms in total. The molecule has 19 heteroatoms. The van der Waals surface area contributed by atoms with Gasteiger partial charge in [-0.3, -0.25) is 24.1 Å². The monoisotopic (exact) mass is 1050 g/mol. The van der Waals surface area contributed by atoms with Crippen LogP contribution < -0.4 is 26.4 Å². The number of nitrogens with zero attached hydrogens (tertiary/aromatic N) is 9. The van der Waals surface area contributed by atoms with Gasteiger partial charge >= 0.3 is 0 Å². The SMILES string of the molecule is C=CCn1c(=O)c2cnc(Nc3ccc(N4CCN(CCCCCC(=O)N[C@H](C(=O)N5C[C@H](O)C[C@H]5C(=O)N[C@@H](C)c5ccc(-c6scnc6C)cc5)C(C)(C)C)CC4)cc3)nc2n1-c1ccc2c(n1)[C@@](O)(CC)CC2. The number of carbonyl (C=O) groups excluding carboxylic acids is 3. The van der Waals surface area contributed by atoms with Gasteiger partial charge in [-0.05, 0) is 105 Å². The van der Waals surface area contributed by atoms with Gasteiger partial charge in [-0.2, -0.15) is 4.98 Å². The van der Waals surface area contributed by atoms with E-state index in [1.165, 1.54) is 15.8 Å². The summed E-state index contributed by atoms with van der Waals surface area (Å²) in [5.74, 6) is -0.0923. The molecule has 2 saturated heterocycles. The number of aryl methyl sites for hydroxylation is 2. The summed E-state index contributed by atoms with van der Waals surface area (Å²) < 4.78 is 3.22. The number of likely N-dealkylation sites (tertiary alicyclic amines) is 1. The van der Waals surface area contributed by atoms with Crippen LogP contribution in [0.1, 0.15) is 108 Å². The lowest BCUT2D eigenvalue weighted by molar-refractivity contribution is -0.144. The molecule has 0 bridgehead atoms. The second-order valence-electron chi connectivity index (χ2n) is 21.7. The van der Waals surface area contributed by atoms with Gasteiger partial charge in [-0.1, -0.05) is 70.5 Å². The van der Waals surface area contributed by atoms with Crippen molar-refractivity contribution in [3.63, 3.8) is 0 Å². The van der Waals surface area contributed by atoms with E-state index in [-0.39, 0.29) is 55.3 Å². The maximum atomic E-state index is 14.2. The lowest BCUT2D eigenvalue weighted by atomic mass is 9.85. The maximum absolute atomic E-state index is 14.2. The molecule has 3 aliphatic rings. The fourth-order valence-electron chi connectivity index (χ4n) is 10.8. The van der Waals surface area contributed by atoms with Crippen molar-refractivity contribution in [2.45, 2.75) is 129 Å². The Balaban J connectivity index is 0.722. The zero-order valence-electron chi connectivity index (χ0n) is 44.6. The number of fused-ring (bicyclic) bond motifs is 2. The van der Waals surface area contributed by atoms with Crippen molar-refractivity contribution in [1.29, 1.82) is 0 Å². The molecule has 2 aromatic carbocycles. The number of pyridine rings is 1. The molecule has 0 spiro atoms. The Labute approximate surface area is 448 Å². The van der Waals surface area contributed by atoms with Gasteiger partial charge in [0.15, 0.2) is 11.5 Å². The van der Waals surface area contributed by atoms with E-state index < -0.39 is 29.2 Å². The predicted octanol–water partition coefficient (Wildman–Crippen LogP) is 6.94. The summed E-state index contributed by atoms with van der Waals surface area (Å²) in [5.41, 5.74) is 6.83. The third-order valence-electron chi connectivity index (χ3n) is 15.3. The minimum absolute atomic E-state index is 0.0195. The average Bonchev–Trinajstić information content (AvgIpc) is 4.23. The van der Waals surface area contributed by atoms with Crippen LogP contribution in [0.5, 0.6) is 0 Å². The van der Waals surface area contributed by atoms with Gasteiger partial charge in [0.2, 0.25) is 23.7 Å². The highest BCUT2D eigenvalue weighted by atomic mass is 32.1. The highest BCUT2D eigenvalue weighted by Gasteiger charge is 2.45. The van der Waals surface area contributed by atoms with Crippen LogP contribution in [-0.4, -0.2) is 124 Å². The summed E-state index contributed by atoms with van der Waals surface area (Å²) in [6.45, 7) is 20.2. The first-order valence-corrected chi connectivity index (χ1v) is 27.6. The highest BCUT2D eigenvalue weighted by Crippen LogP contribution is 2.39. The van der Waals surface area contributed by atoms with E-state index >= 15 is 0 Å². The second kappa shape index (κ2) is 22.8. The van der Waals surface area contributed by atoms with Crippen molar-refractivity contribution in [3.8, 4) is 16.3 Å². The maximum Gasteiger partial charge on any atom is 0.278 e. The van der Waals surface area contributed by atoms with E-state index in [9.17, 15) is 29.4 Å². The number of amides is 3. The predicted molar refractivity (Wildman–Crippen MR) is 297 cm³/mol. The Morgan fingerprint density at radius 1 is 0.961 bits per heavy atom. The first kappa shape index (κ1) is 54.0. The minimum Gasteiger partial charge on any atom is -0.391 e. The van der Waals surface area contributed by atoms with Crippen LogP contribution in [0, 0.1) is 12.3 Å². The highest BCUT2D eigenvalue weighted by molar-refractivity contribution is 7.13. The van der Waals surface area contributed by atoms with E-state index in [1.807, 2.05) is 95.6 Å². The van der Waals surface area contributed by atoms with E-state index in [0.717, 1.165) is 90.6 Å². The Morgan fingerprint density at radius 3 is 2.39 bits per heavy atom. The van der Waals surface area contributed by atoms with Crippen LogP contribution in [0.15, 0.2) is 89.8 Å². The number of anilines is 3. The van der Waals surface area contributed by atoms with Crippen LogP contribution in [0.25, 0.3) is 27.3 Å². The molecule has 6 heterocycles. The van der Waals surface area contributed by atoms with Gasteiger partial charge < -0.3 is 36.0 Å². The molecular formula is C57H72N12O6S. The van der Waals surface area contributed by atoms with Crippen molar-refractivity contribution in [2.24, 2.45) is 5.41 Å². The number of aromatic nitrogens is 6. The van der Waals surface area contributed by atoms with Crippen molar-refractivity contribution >= 4 is 57.4 Å². The van der Waals surface area contributed by atoms with Crippen molar-refractivity contribution < 1.29 is 24.6 Å². The number of β-amino-alcohol motifs (C(OH)–C–C–N with tert-alkyl or cyclic N) is 1. The van der Waals surface area contributed by atoms with Crippen molar-refractivity contribution in [3.05, 3.63) is 118 Å². The summed E-state index contributed by atoms with van der Waals surface area (Å²) in [4.78, 5) is 80.8. The number of aliphatic hydroxyl groups is 2. The average molecular weight is 1050 g/mol. The molecule has 1 aliphatic carbocycles. The molecule has 0 unspecified atom stereocenters. The van der Waals surface area contributed by atoms with Crippen molar-refractivity contribution in [1.82, 2.24) is 49.7 Å². The Morgan fingerprint density at radius 2 is 1.71 bits per heavy atom. The minimum atomic E-state index is -1.01. The first-order valence-electron chi connectivity index (χ1n) is 26.7. The van der Waals surface area contributed by atoms with Crippen molar-refractivity contribution in [2.75, 3.05) is 49.5 Å².